The van der Waals surface area contributed by atoms with Crippen LogP contribution in [0.4, 0.5) is 0 Å². The van der Waals surface area contributed by atoms with Gasteiger partial charge in [0.1, 0.15) is 5.54 Å². The quantitative estimate of drug-likeness (QED) is 0.766. The third-order valence-corrected chi connectivity index (χ3v) is 6.29. The van der Waals surface area contributed by atoms with Gasteiger partial charge in [-0.25, -0.2) is 0 Å². The molecular weight excluding hydrogens is 370 g/mol. The number of amides is 2. The predicted molar refractivity (Wildman–Crippen MR) is 110 cm³/mol. The molecule has 0 bridgehead atoms. The number of likely N-dealkylation sites (N-methyl/N-ethyl adjacent to an activating group) is 1. The molecule has 0 unspecified atom stereocenters. The number of methoxy groups -OCH3 is 1. The molecule has 2 aromatic rings. The lowest BCUT2D eigenvalue weighted by Gasteiger charge is -2.42. The Kier molecular flexibility index (Phi) is 5.56. The predicted octanol–water partition coefficient (Wildman–Crippen LogP) is 1.39. The Morgan fingerprint density at radius 3 is 3.03 bits per heavy atom. The van der Waals surface area contributed by atoms with Gasteiger partial charge in [0.25, 0.3) is 5.91 Å². The normalized spacial score (nSPS) is 24.4. The molecule has 0 spiro atoms. The minimum absolute atomic E-state index is 0.0733. The molecule has 0 saturated carbocycles. The van der Waals surface area contributed by atoms with Crippen molar-refractivity contribution in [1.82, 2.24) is 25.3 Å². The number of carbonyl (C=O) groups excluding carboxylic acids is 2. The van der Waals surface area contributed by atoms with Crippen molar-refractivity contribution in [3.05, 3.63) is 30.0 Å². The van der Waals surface area contributed by atoms with Crippen LogP contribution in [0.25, 0.3) is 10.9 Å². The van der Waals surface area contributed by atoms with Gasteiger partial charge >= 0.3 is 0 Å². The van der Waals surface area contributed by atoms with Crippen LogP contribution in [0.1, 0.15) is 36.2 Å². The van der Waals surface area contributed by atoms with E-state index in [0.29, 0.717) is 31.8 Å². The minimum atomic E-state index is -0.521. The van der Waals surface area contributed by atoms with Crippen LogP contribution in [0.5, 0.6) is 0 Å². The summed E-state index contributed by atoms with van der Waals surface area (Å²) in [7, 11) is 3.48. The van der Waals surface area contributed by atoms with Crippen molar-refractivity contribution in [2.24, 2.45) is 0 Å². The van der Waals surface area contributed by atoms with Crippen LogP contribution in [0.3, 0.4) is 0 Å². The molecule has 0 aliphatic carbocycles. The fourth-order valence-corrected chi connectivity index (χ4v) is 4.83. The third kappa shape index (κ3) is 3.62. The summed E-state index contributed by atoms with van der Waals surface area (Å²) in [6.07, 6.45) is 3.59. The monoisotopic (exact) mass is 399 g/mol. The molecule has 2 atom stereocenters. The number of aromatic amines is 1. The second-order valence-corrected chi connectivity index (χ2v) is 8.15. The first-order chi connectivity index (χ1) is 14.0. The molecule has 4 rings (SSSR count). The van der Waals surface area contributed by atoms with Gasteiger partial charge in [0.2, 0.25) is 5.91 Å². The van der Waals surface area contributed by atoms with E-state index >= 15 is 0 Å². The summed E-state index contributed by atoms with van der Waals surface area (Å²) in [5.74, 6) is -0.0566. The van der Waals surface area contributed by atoms with Gasteiger partial charge in [-0.2, -0.15) is 5.10 Å². The zero-order valence-electron chi connectivity index (χ0n) is 17.1. The van der Waals surface area contributed by atoms with Crippen LogP contribution >= 0.6 is 0 Å². The van der Waals surface area contributed by atoms with Crippen LogP contribution < -0.4 is 5.32 Å². The Balaban J connectivity index is 1.50. The number of rotatable bonds is 6. The molecule has 29 heavy (non-hydrogen) atoms. The molecule has 2 N–H and O–H groups in total. The fraction of sp³-hybridized carbons (Fsp3) is 0.571. The summed E-state index contributed by atoms with van der Waals surface area (Å²) in [5.41, 5.74) is 0.725. The van der Waals surface area contributed by atoms with E-state index in [4.69, 9.17) is 4.74 Å². The van der Waals surface area contributed by atoms with Gasteiger partial charge in [0, 0.05) is 38.7 Å². The molecule has 8 heteroatoms. The number of ether oxygens (including phenoxy) is 1. The lowest BCUT2D eigenvalue weighted by Crippen LogP contribution is -2.58. The summed E-state index contributed by atoms with van der Waals surface area (Å²) >= 11 is 0. The highest BCUT2D eigenvalue weighted by Crippen LogP contribution is 2.39. The summed E-state index contributed by atoms with van der Waals surface area (Å²) in [6.45, 7) is 2.67. The van der Waals surface area contributed by atoms with E-state index in [1.165, 1.54) is 0 Å². The van der Waals surface area contributed by atoms with E-state index in [9.17, 15) is 9.59 Å². The highest BCUT2D eigenvalue weighted by atomic mass is 16.5. The fourth-order valence-electron chi connectivity index (χ4n) is 4.83. The first-order valence-corrected chi connectivity index (χ1v) is 10.3. The summed E-state index contributed by atoms with van der Waals surface area (Å²) in [5, 5.41) is 11.1. The molecule has 1 aromatic heterocycles. The lowest BCUT2D eigenvalue weighted by atomic mass is 9.84. The number of hydrogen-bond acceptors (Lipinski definition) is 5. The zero-order chi connectivity index (χ0) is 20.4. The van der Waals surface area contributed by atoms with Crippen LogP contribution in [-0.2, 0) is 9.53 Å². The minimum Gasteiger partial charge on any atom is -0.383 e. The Morgan fingerprint density at radius 2 is 2.21 bits per heavy atom. The number of piperidine rings is 1. The van der Waals surface area contributed by atoms with Crippen molar-refractivity contribution >= 4 is 22.7 Å². The van der Waals surface area contributed by atoms with Gasteiger partial charge in [-0.3, -0.25) is 19.6 Å². The van der Waals surface area contributed by atoms with E-state index in [1.807, 2.05) is 31.3 Å². The number of carbonyl (C=O) groups is 2. The van der Waals surface area contributed by atoms with E-state index in [0.717, 1.165) is 36.7 Å². The molecule has 1 aromatic carbocycles. The highest BCUT2D eigenvalue weighted by molar-refractivity contribution is 6.04. The van der Waals surface area contributed by atoms with Crippen molar-refractivity contribution < 1.29 is 14.3 Å². The van der Waals surface area contributed by atoms with Gasteiger partial charge in [0.15, 0.2) is 5.69 Å². The zero-order valence-corrected chi connectivity index (χ0v) is 17.1. The summed E-state index contributed by atoms with van der Waals surface area (Å²) in [4.78, 5) is 30.3. The molecule has 0 radical (unpaired) electrons. The number of aromatic nitrogens is 2. The van der Waals surface area contributed by atoms with Crippen molar-refractivity contribution in [3.8, 4) is 0 Å². The maximum atomic E-state index is 13.3. The van der Waals surface area contributed by atoms with Crippen molar-refractivity contribution in [3.63, 3.8) is 0 Å². The molecular formula is C21H29N5O3. The number of benzene rings is 1. The van der Waals surface area contributed by atoms with Crippen molar-refractivity contribution in [2.45, 2.75) is 37.3 Å². The highest BCUT2D eigenvalue weighted by Gasteiger charge is 2.53. The summed E-state index contributed by atoms with van der Waals surface area (Å²) < 4.78 is 5.13. The molecule has 2 saturated heterocycles. The molecule has 8 nitrogen and oxygen atoms in total. The molecule has 2 fully saturated rings. The SMILES string of the molecule is COCCN(C)C(=O)[C@]12CCCCN1C[C@@H](NC(=O)c1n[nH]c3ccccc13)C2. The second-order valence-electron chi connectivity index (χ2n) is 8.15. The maximum Gasteiger partial charge on any atom is 0.272 e. The van der Waals surface area contributed by atoms with E-state index in [2.05, 4.69) is 20.4 Å². The van der Waals surface area contributed by atoms with Gasteiger partial charge in [0.05, 0.1) is 12.1 Å². The Labute approximate surface area is 170 Å². The standard InChI is InChI=1S/C21H29N5O3/c1-25(11-12-29-2)20(28)21-9-5-6-10-26(21)14-15(13-21)22-19(27)18-16-7-3-4-8-17(16)23-24-18/h3-4,7-8,15H,5-6,9-14H2,1-2H3,(H,22,27)(H,23,24)/t15-,21+/m0/s1. The van der Waals surface area contributed by atoms with Crippen molar-refractivity contribution in [2.75, 3.05) is 40.4 Å². The smallest absolute Gasteiger partial charge is 0.272 e. The Morgan fingerprint density at radius 1 is 1.38 bits per heavy atom. The average molecular weight is 399 g/mol. The van der Waals surface area contributed by atoms with Crippen LogP contribution in [0, 0.1) is 0 Å². The topological polar surface area (TPSA) is 90.6 Å². The first kappa shape index (κ1) is 19.8. The molecule has 2 aliphatic rings. The number of nitrogens with one attached hydrogen (secondary N) is 2. The molecule has 156 valence electrons. The van der Waals surface area contributed by atoms with Crippen molar-refractivity contribution in [1.29, 1.82) is 0 Å². The van der Waals surface area contributed by atoms with Gasteiger partial charge in [-0.15, -0.1) is 0 Å². The van der Waals surface area contributed by atoms with Crippen LogP contribution in [0.2, 0.25) is 0 Å². The summed E-state index contributed by atoms with van der Waals surface area (Å²) in [6, 6.07) is 7.52. The largest absolute Gasteiger partial charge is 0.383 e. The Hall–Kier alpha value is -2.45. The first-order valence-electron chi connectivity index (χ1n) is 10.3. The van der Waals surface area contributed by atoms with E-state index in [-0.39, 0.29) is 17.9 Å². The van der Waals surface area contributed by atoms with E-state index < -0.39 is 5.54 Å². The van der Waals surface area contributed by atoms with Gasteiger partial charge in [-0.1, -0.05) is 18.2 Å². The number of fused-ring (bicyclic) bond motifs is 2. The number of hydrogen-bond donors (Lipinski definition) is 2. The number of H-pyrrole nitrogens is 1. The van der Waals surface area contributed by atoms with Gasteiger partial charge in [-0.05, 0) is 38.3 Å². The molecule has 3 heterocycles. The number of para-hydroxylation sites is 1. The maximum absolute atomic E-state index is 13.3. The number of nitrogens with zero attached hydrogens (tertiary/aromatic N) is 3. The molecule has 2 aliphatic heterocycles. The van der Waals surface area contributed by atoms with Gasteiger partial charge < -0.3 is 15.0 Å². The molecule has 2 amide bonds. The lowest BCUT2D eigenvalue weighted by molar-refractivity contribution is -0.144. The second kappa shape index (κ2) is 8.12. The van der Waals surface area contributed by atoms with E-state index in [1.54, 1.807) is 12.0 Å². The average Bonchev–Trinajstić information content (AvgIpc) is 3.33. The van der Waals surface area contributed by atoms with Crippen LogP contribution in [0.15, 0.2) is 24.3 Å². The van der Waals surface area contributed by atoms with Crippen LogP contribution in [-0.4, -0.2) is 83.8 Å². The third-order valence-electron chi connectivity index (χ3n) is 6.29. The Bertz CT molecular complexity index is 897.